The van der Waals surface area contributed by atoms with Gasteiger partial charge < -0.3 is 10.1 Å². The molecule has 0 bridgehead atoms. The first-order valence-electron chi connectivity index (χ1n) is 4.80. The largest absolute Gasteiger partial charge is 0.371 e. The second-order valence-corrected chi connectivity index (χ2v) is 3.51. The summed E-state index contributed by atoms with van der Waals surface area (Å²) in [7, 11) is 0. The van der Waals surface area contributed by atoms with Gasteiger partial charge in [0.15, 0.2) is 0 Å². The molecule has 0 saturated carbocycles. The lowest BCUT2D eigenvalue weighted by Gasteiger charge is -2.27. The fraction of sp³-hybridized carbons (Fsp3) is 0.364. The highest BCUT2D eigenvalue weighted by Gasteiger charge is 2.17. The Labute approximate surface area is 87.5 Å². The van der Waals surface area contributed by atoms with E-state index in [0.29, 0.717) is 11.1 Å². The van der Waals surface area contributed by atoms with E-state index in [4.69, 9.17) is 10.00 Å². The lowest BCUT2D eigenvalue weighted by Crippen LogP contribution is -2.48. The SMILES string of the molecule is N#Cc1ccc(COC2CNC2)c(F)c1. The normalized spacial score (nSPS) is 15.7. The van der Waals surface area contributed by atoms with Gasteiger partial charge in [0.1, 0.15) is 5.82 Å². The number of rotatable bonds is 3. The van der Waals surface area contributed by atoms with E-state index in [1.54, 1.807) is 12.1 Å². The topological polar surface area (TPSA) is 45.0 Å². The number of nitrogens with one attached hydrogen (secondary N) is 1. The lowest BCUT2D eigenvalue weighted by atomic mass is 10.1. The molecule has 0 aromatic heterocycles. The molecule has 1 aromatic rings. The highest BCUT2D eigenvalue weighted by Crippen LogP contribution is 2.12. The Bertz CT molecular complexity index is 396. The van der Waals surface area contributed by atoms with Crippen LogP contribution in [-0.4, -0.2) is 19.2 Å². The molecule has 0 spiro atoms. The maximum Gasteiger partial charge on any atom is 0.130 e. The van der Waals surface area contributed by atoms with E-state index < -0.39 is 0 Å². The molecule has 1 saturated heterocycles. The van der Waals surface area contributed by atoms with E-state index >= 15 is 0 Å². The van der Waals surface area contributed by atoms with Crippen LogP contribution in [0.5, 0.6) is 0 Å². The van der Waals surface area contributed by atoms with Gasteiger partial charge in [0, 0.05) is 18.7 Å². The summed E-state index contributed by atoms with van der Waals surface area (Å²) in [4.78, 5) is 0. The molecular formula is C11H11FN2O. The van der Waals surface area contributed by atoms with E-state index in [9.17, 15) is 4.39 Å². The Balaban J connectivity index is 1.98. The van der Waals surface area contributed by atoms with Crippen molar-refractivity contribution in [3.8, 4) is 6.07 Å². The number of nitrogens with zero attached hydrogens (tertiary/aromatic N) is 1. The van der Waals surface area contributed by atoms with Crippen molar-refractivity contribution in [1.82, 2.24) is 5.32 Å². The summed E-state index contributed by atoms with van der Waals surface area (Å²) in [5.74, 6) is -0.374. The summed E-state index contributed by atoms with van der Waals surface area (Å²) >= 11 is 0. The standard InChI is InChI=1S/C11H11FN2O/c12-11-3-8(4-13)1-2-9(11)7-15-10-5-14-6-10/h1-3,10,14H,5-7H2. The smallest absolute Gasteiger partial charge is 0.130 e. The third-order valence-corrected chi connectivity index (χ3v) is 2.40. The van der Waals surface area contributed by atoms with Crippen LogP contribution in [0, 0.1) is 17.1 Å². The Hall–Kier alpha value is -1.44. The number of ether oxygens (including phenoxy) is 1. The first-order valence-corrected chi connectivity index (χ1v) is 4.80. The van der Waals surface area contributed by atoms with Gasteiger partial charge in [0.2, 0.25) is 0 Å². The number of benzene rings is 1. The van der Waals surface area contributed by atoms with E-state index in [-0.39, 0.29) is 18.5 Å². The van der Waals surface area contributed by atoms with Crippen LogP contribution in [0.1, 0.15) is 11.1 Å². The van der Waals surface area contributed by atoms with E-state index in [1.807, 2.05) is 6.07 Å². The summed E-state index contributed by atoms with van der Waals surface area (Å²) in [6.07, 6.45) is 0.194. The molecule has 0 unspecified atom stereocenters. The van der Waals surface area contributed by atoms with Crippen molar-refractivity contribution in [3.05, 3.63) is 35.1 Å². The van der Waals surface area contributed by atoms with Crippen LogP contribution < -0.4 is 5.32 Å². The Morgan fingerprint density at radius 2 is 2.33 bits per heavy atom. The molecule has 1 fully saturated rings. The van der Waals surface area contributed by atoms with Crippen LogP contribution in [0.2, 0.25) is 0 Å². The molecule has 4 heteroatoms. The fourth-order valence-electron chi connectivity index (χ4n) is 1.32. The van der Waals surface area contributed by atoms with Gasteiger partial charge in [-0.25, -0.2) is 4.39 Å². The van der Waals surface area contributed by atoms with E-state index in [0.717, 1.165) is 13.1 Å². The van der Waals surface area contributed by atoms with Gasteiger partial charge in [-0.3, -0.25) is 0 Å². The predicted molar refractivity (Wildman–Crippen MR) is 52.6 cm³/mol. The third kappa shape index (κ3) is 2.32. The summed E-state index contributed by atoms with van der Waals surface area (Å²) in [5.41, 5.74) is 0.836. The van der Waals surface area contributed by atoms with Crippen LogP contribution in [-0.2, 0) is 11.3 Å². The fourth-order valence-corrected chi connectivity index (χ4v) is 1.32. The minimum atomic E-state index is -0.374. The molecular weight excluding hydrogens is 195 g/mol. The maximum absolute atomic E-state index is 13.4. The molecule has 0 amide bonds. The number of hydrogen-bond donors (Lipinski definition) is 1. The Morgan fingerprint density at radius 3 is 2.87 bits per heavy atom. The molecule has 15 heavy (non-hydrogen) atoms. The zero-order chi connectivity index (χ0) is 10.7. The molecule has 2 rings (SSSR count). The van der Waals surface area contributed by atoms with Gasteiger partial charge in [-0.1, -0.05) is 6.07 Å². The summed E-state index contributed by atoms with van der Waals surface area (Å²) < 4.78 is 18.8. The van der Waals surface area contributed by atoms with Gasteiger partial charge in [0.25, 0.3) is 0 Å². The van der Waals surface area contributed by atoms with Crippen molar-refractivity contribution in [3.63, 3.8) is 0 Å². The number of halogens is 1. The third-order valence-electron chi connectivity index (χ3n) is 2.40. The van der Waals surface area contributed by atoms with Crippen molar-refractivity contribution in [2.75, 3.05) is 13.1 Å². The predicted octanol–water partition coefficient (Wildman–Crippen LogP) is 1.19. The first-order chi connectivity index (χ1) is 7.29. The van der Waals surface area contributed by atoms with E-state index in [2.05, 4.69) is 5.32 Å². The Kier molecular flexibility index (Phi) is 2.95. The van der Waals surface area contributed by atoms with Crippen LogP contribution >= 0.6 is 0 Å². The van der Waals surface area contributed by atoms with Crippen molar-refractivity contribution in [2.45, 2.75) is 12.7 Å². The van der Waals surface area contributed by atoms with Gasteiger partial charge >= 0.3 is 0 Å². The highest BCUT2D eigenvalue weighted by molar-refractivity contribution is 5.32. The molecule has 1 aromatic carbocycles. The van der Waals surface area contributed by atoms with Crippen molar-refractivity contribution in [1.29, 1.82) is 5.26 Å². The van der Waals surface area contributed by atoms with Gasteiger partial charge in [-0.2, -0.15) is 5.26 Å². The molecule has 1 aliphatic heterocycles. The van der Waals surface area contributed by atoms with Crippen LogP contribution in [0.15, 0.2) is 18.2 Å². The second kappa shape index (κ2) is 4.39. The quantitative estimate of drug-likeness (QED) is 0.807. The molecule has 1 heterocycles. The van der Waals surface area contributed by atoms with Crippen molar-refractivity contribution in [2.24, 2.45) is 0 Å². The number of nitriles is 1. The lowest BCUT2D eigenvalue weighted by molar-refractivity contribution is 0.00638. The average Bonchev–Trinajstić information content (AvgIpc) is 2.18. The van der Waals surface area contributed by atoms with Crippen LogP contribution in [0.4, 0.5) is 4.39 Å². The summed E-state index contributed by atoms with van der Waals surface area (Å²) in [6.45, 7) is 1.93. The highest BCUT2D eigenvalue weighted by atomic mass is 19.1. The molecule has 1 N–H and O–H groups in total. The van der Waals surface area contributed by atoms with Crippen LogP contribution in [0.3, 0.4) is 0 Å². The van der Waals surface area contributed by atoms with Gasteiger partial charge in [0.05, 0.1) is 24.3 Å². The minimum Gasteiger partial charge on any atom is -0.371 e. The van der Waals surface area contributed by atoms with Crippen LogP contribution in [0.25, 0.3) is 0 Å². The molecule has 0 radical (unpaired) electrons. The molecule has 0 aliphatic carbocycles. The second-order valence-electron chi connectivity index (χ2n) is 3.51. The monoisotopic (exact) mass is 206 g/mol. The molecule has 0 atom stereocenters. The minimum absolute atomic E-state index is 0.194. The maximum atomic E-state index is 13.4. The summed E-state index contributed by atoms with van der Waals surface area (Å²) in [5, 5.41) is 11.6. The molecule has 1 aliphatic rings. The van der Waals surface area contributed by atoms with E-state index in [1.165, 1.54) is 6.07 Å². The Morgan fingerprint density at radius 1 is 1.53 bits per heavy atom. The van der Waals surface area contributed by atoms with Gasteiger partial charge in [-0.15, -0.1) is 0 Å². The number of hydrogen-bond acceptors (Lipinski definition) is 3. The zero-order valence-corrected chi connectivity index (χ0v) is 8.16. The molecule has 3 nitrogen and oxygen atoms in total. The zero-order valence-electron chi connectivity index (χ0n) is 8.16. The molecule has 78 valence electrons. The van der Waals surface area contributed by atoms with Gasteiger partial charge in [-0.05, 0) is 12.1 Å². The van der Waals surface area contributed by atoms with Crippen molar-refractivity contribution < 1.29 is 9.13 Å². The first kappa shape index (κ1) is 10.1. The summed E-state index contributed by atoms with van der Waals surface area (Å²) in [6, 6.07) is 6.32. The average molecular weight is 206 g/mol. The van der Waals surface area contributed by atoms with Crippen molar-refractivity contribution >= 4 is 0 Å².